The molecule has 1 aliphatic rings. The lowest BCUT2D eigenvalue weighted by atomic mass is 10.0. The Kier molecular flexibility index (Phi) is 6.88. The van der Waals surface area contributed by atoms with Gasteiger partial charge in [0.1, 0.15) is 0 Å². The Labute approximate surface area is 155 Å². The van der Waals surface area contributed by atoms with Crippen LogP contribution in [-0.2, 0) is 10.0 Å². The molecular formula is C18H27ClN2O3S. The fraction of sp³-hybridized carbons (Fsp3) is 0.611. The van der Waals surface area contributed by atoms with E-state index in [0.717, 1.165) is 25.7 Å². The molecule has 0 bridgehead atoms. The second-order valence-corrected chi connectivity index (χ2v) is 9.44. The van der Waals surface area contributed by atoms with E-state index >= 15 is 0 Å². The molecule has 1 heterocycles. The number of sulfonamides is 1. The number of hydrogen-bond donors (Lipinski definition) is 1. The molecule has 140 valence electrons. The van der Waals surface area contributed by atoms with Crippen molar-refractivity contribution in [1.82, 2.24) is 9.62 Å². The molecule has 1 fully saturated rings. The molecule has 5 nitrogen and oxygen atoms in total. The fourth-order valence-electron chi connectivity index (χ4n) is 2.87. The summed E-state index contributed by atoms with van der Waals surface area (Å²) >= 11 is 6.14. The van der Waals surface area contributed by atoms with Crippen LogP contribution in [0.5, 0.6) is 0 Å². The van der Waals surface area contributed by atoms with Crippen molar-refractivity contribution in [2.75, 3.05) is 13.1 Å². The van der Waals surface area contributed by atoms with Gasteiger partial charge in [-0.05, 0) is 56.7 Å². The van der Waals surface area contributed by atoms with Gasteiger partial charge in [-0.25, -0.2) is 8.42 Å². The van der Waals surface area contributed by atoms with Gasteiger partial charge in [0.2, 0.25) is 10.0 Å². The number of rotatable bonds is 7. The van der Waals surface area contributed by atoms with Crippen molar-refractivity contribution in [3.05, 3.63) is 28.8 Å². The Balaban J connectivity index is 2.17. The van der Waals surface area contributed by atoms with Gasteiger partial charge in [-0.3, -0.25) is 4.79 Å². The maximum absolute atomic E-state index is 12.7. The average Bonchev–Trinajstić information content (AvgIpc) is 3.08. The highest BCUT2D eigenvalue weighted by atomic mass is 35.5. The number of amides is 1. The second-order valence-electron chi connectivity index (χ2n) is 7.10. The van der Waals surface area contributed by atoms with Gasteiger partial charge in [0.15, 0.2) is 0 Å². The number of nitrogens with zero attached hydrogens (tertiary/aromatic N) is 1. The summed E-state index contributed by atoms with van der Waals surface area (Å²) in [5.41, 5.74) is 0.207. The van der Waals surface area contributed by atoms with E-state index in [4.69, 9.17) is 11.6 Å². The van der Waals surface area contributed by atoms with Crippen molar-refractivity contribution < 1.29 is 13.2 Å². The Bertz CT molecular complexity index is 713. The van der Waals surface area contributed by atoms with Crippen LogP contribution in [0.25, 0.3) is 0 Å². The Morgan fingerprint density at radius 3 is 2.44 bits per heavy atom. The summed E-state index contributed by atoms with van der Waals surface area (Å²) in [6.45, 7) is 7.27. The average molecular weight is 387 g/mol. The third kappa shape index (κ3) is 5.19. The van der Waals surface area contributed by atoms with Crippen LogP contribution in [0.4, 0.5) is 0 Å². The smallest absolute Gasteiger partial charge is 0.253 e. The first-order valence-corrected chi connectivity index (χ1v) is 10.6. The van der Waals surface area contributed by atoms with Crippen LogP contribution >= 0.6 is 11.6 Å². The molecule has 25 heavy (non-hydrogen) atoms. The largest absolute Gasteiger partial charge is 0.350 e. The Hall–Kier alpha value is -1.11. The predicted octanol–water partition coefficient (Wildman–Crippen LogP) is 3.68. The minimum Gasteiger partial charge on any atom is -0.350 e. The Morgan fingerprint density at radius 2 is 1.84 bits per heavy atom. The molecule has 1 amide bonds. The number of carbonyl (C=O) groups is 1. The zero-order valence-corrected chi connectivity index (χ0v) is 16.7. The molecule has 7 heteroatoms. The van der Waals surface area contributed by atoms with E-state index in [1.165, 1.54) is 22.5 Å². The summed E-state index contributed by atoms with van der Waals surface area (Å²) in [5, 5.41) is 3.17. The maximum atomic E-state index is 12.7. The molecule has 1 unspecified atom stereocenters. The van der Waals surface area contributed by atoms with E-state index in [2.05, 4.69) is 19.2 Å². The zero-order chi connectivity index (χ0) is 18.6. The third-order valence-corrected chi connectivity index (χ3v) is 6.66. The van der Waals surface area contributed by atoms with Gasteiger partial charge >= 0.3 is 0 Å². The van der Waals surface area contributed by atoms with Gasteiger partial charge in [-0.15, -0.1) is 0 Å². The first kappa shape index (κ1) is 20.2. The monoisotopic (exact) mass is 386 g/mol. The van der Waals surface area contributed by atoms with Gasteiger partial charge in [-0.1, -0.05) is 25.4 Å². The lowest BCUT2D eigenvalue weighted by Crippen LogP contribution is -2.33. The predicted molar refractivity (Wildman–Crippen MR) is 100 cm³/mol. The van der Waals surface area contributed by atoms with Crippen LogP contribution in [0.15, 0.2) is 23.1 Å². The van der Waals surface area contributed by atoms with Crippen LogP contribution < -0.4 is 5.32 Å². The molecular weight excluding hydrogens is 360 g/mol. The fourth-order valence-corrected chi connectivity index (χ4v) is 4.62. The zero-order valence-electron chi connectivity index (χ0n) is 15.1. The quantitative estimate of drug-likeness (QED) is 0.777. The van der Waals surface area contributed by atoms with Crippen LogP contribution in [0.2, 0.25) is 5.02 Å². The van der Waals surface area contributed by atoms with Crippen molar-refractivity contribution in [2.45, 2.75) is 57.4 Å². The number of carbonyl (C=O) groups excluding carboxylic acids is 1. The minimum atomic E-state index is -3.57. The number of hydrogen-bond acceptors (Lipinski definition) is 3. The molecule has 0 spiro atoms. The van der Waals surface area contributed by atoms with E-state index in [9.17, 15) is 13.2 Å². The van der Waals surface area contributed by atoms with Crippen LogP contribution in [0.3, 0.4) is 0 Å². The van der Waals surface area contributed by atoms with Gasteiger partial charge in [0.05, 0.1) is 15.5 Å². The first-order chi connectivity index (χ1) is 11.7. The molecule has 1 atom stereocenters. The molecule has 0 radical (unpaired) electrons. The van der Waals surface area contributed by atoms with Crippen molar-refractivity contribution in [2.24, 2.45) is 5.92 Å². The SMILES string of the molecule is CC(C)CCC(C)NC(=O)c1cc(S(=O)(=O)N2CCCC2)ccc1Cl. The Morgan fingerprint density at radius 1 is 1.20 bits per heavy atom. The van der Waals surface area contributed by atoms with E-state index < -0.39 is 10.0 Å². The van der Waals surface area contributed by atoms with E-state index in [1.807, 2.05) is 6.92 Å². The number of halogens is 1. The van der Waals surface area contributed by atoms with Gasteiger partial charge < -0.3 is 5.32 Å². The molecule has 1 saturated heterocycles. The summed E-state index contributed by atoms with van der Waals surface area (Å²) in [6, 6.07) is 4.35. The highest BCUT2D eigenvalue weighted by Crippen LogP contribution is 2.25. The highest BCUT2D eigenvalue weighted by Gasteiger charge is 2.28. The summed E-state index contributed by atoms with van der Waals surface area (Å²) < 4.78 is 26.8. The van der Waals surface area contributed by atoms with E-state index in [-0.39, 0.29) is 27.4 Å². The first-order valence-electron chi connectivity index (χ1n) is 8.82. The highest BCUT2D eigenvalue weighted by molar-refractivity contribution is 7.89. The molecule has 1 aromatic rings. The summed E-state index contributed by atoms with van der Waals surface area (Å²) in [6.07, 6.45) is 3.62. The van der Waals surface area contributed by atoms with Crippen LogP contribution in [-0.4, -0.2) is 37.8 Å². The van der Waals surface area contributed by atoms with Gasteiger partial charge in [0.25, 0.3) is 5.91 Å². The van der Waals surface area contributed by atoms with Crippen molar-refractivity contribution in [1.29, 1.82) is 0 Å². The molecule has 1 N–H and O–H groups in total. The van der Waals surface area contributed by atoms with Crippen molar-refractivity contribution in [3.8, 4) is 0 Å². The van der Waals surface area contributed by atoms with Crippen LogP contribution in [0, 0.1) is 5.92 Å². The topological polar surface area (TPSA) is 66.5 Å². The summed E-state index contributed by atoms with van der Waals surface area (Å²) in [5.74, 6) is 0.233. The normalized spacial score (nSPS) is 17.0. The standard InChI is InChI=1S/C18H27ClN2O3S/c1-13(2)6-7-14(3)20-18(22)16-12-15(8-9-17(16)19)25(23,24)21-10-4-5-11-21/h8-9,12-14H,4-7,10-11H2,1-3H3,(H,20,22). The molecule has 2 rings (SSSR count). The van der Waals surface area contributed by atoms with E-state index in [1.54, 1.807) is 0 Å². The lowest BCUT2D eigenvalue weighted by Gasteiger charge is -2.18. The van der Waals surface area contributed by atoms with Crippen LogP contribution in [0.1, 0.15) is 56.8 Å². The number of nitrogens with one attached hydrogen (secondary N) is 1. The molecule has 0 saturated carbocycles. The van der Waals surface area contributed by atoms with Gasteiger partial charge in [-0.2, -0.15) is 4.31 Å². The van der Waals surface area contributed by atoms with Crippen molar-refractivity contribution >= 4 is 27.5 Å². The van der Waals surface area contributed by atoms with Crippen molar-refractivity contribution in [3.63, 3.8) is 0 Å². The van der Waals surface area contributed by atoms with Gasteiger partial charge in [0, 0.05) is 19.1 Å². The minimum absolute atomic E-state index is 0.00446. The van der Waals surface area contributed by atoms with E-state index in [0.29, 0.717) is 19.0 Å². The molecule has 0 aromatic heterocycles. The third-order valence-electron chi connectivity index (χ3n) is 4.44. The number of benzene rings is 1. The summed E-state index contributed by atoms with van der Waals surface area (Å²) in [7, 11) is -3.57. The lowest BCUT2D eigenvalue weighted by molar-refractivity contribution is 0.0937. The molecule has 1 aliphatic heterocycles. The summed E-state index contributed by atoms with van der Waals surface area (Å²) in [4.78, 5) is 12.6. The second kappa shape index (κ2) is 8.52. The maximum Gasteiger partial charge on any atom is 0.253 e. The molecule has 1 aromatic carbocycles. The molecule has 0 aliphatic carbocycles.